The van der Waals surface area contributed by atoms with Crippen molar-refractivity contribution >= 4 is 57.0 Å². The molecule has 0 saturated heterocycles. The van der Waals surface area contributed by atoms with E-state index >= 15 is 0 Å². The number of hydrogen-bond acceptors (Lipinski definition) is 6. The summed E-state index contributed by atoms with van der Waals surface area (Å²) >= 11 is 6.81. The van der Waals surface area contributed by atoms with E-state index in [1.165, 1.54) is 34.5 Å². The molecule has 0 saturated carbocycles. The first-order chi connectivity index (χ1) is 27.0. The zero-order valence-corrected chi connectivity index (χ0v) is 34.0. The molecule has 2 heterocycles. The molecule has 0 aliphatic carbocycles. The molecule has 1 unspecified atom stereocenters. The molecule has 6 rings (SSSR count). The van der Waals surface area contributed by atoms with Crippen LogP contribution in [0, 0.1) is 6.92 Å². The first-order valence-electron chi connectivity index (χ1n) is 19.0. The van der Waals surface area contributed by atoms with Gasteiger partial charge in [0.2, 0.25) is 0 Å². The van der Waals surface area contributed by atoms with Crippen LogP contribution in [0.15, 0.2) is 83.8 Å². The molecule has 5 aromatic rings. The van der Waals surface area contributed by atoms with Gasteiger partial charge < -0.3 is 14.9 Å². The van der Waals surface area contributed by atoms with Crippen LogP contribution in [0.4, 0.5) is 0 Å². The summed E-state index contributed by atoms with van der Waals surface area (Å²) in [6.07, 6.45) is 4.18. The summed E-state index contributed by atoms with van der Waals surface area (Å²) in [6, 6.07) is 22.0. The lowest BCUT2D eigenvalue weighted by molar-refractivity contribution is 0.0693. The quantitative estimate of drug-likeness (QED) is 0.122. The fraction of sp³-hybridized carbons (Fsp3) is 0.326. The average molecular weight is 798 g/mol. The highest BCUT2D eigenvalue weighted by Crippen LogP contribution is 2.29. The van der Waals surface area contributed by atoms with Crippen LogP contribution >= 0.6 is 11.6 Å². The van der Waals surface area contributed by atoms with Crippen molar-refractivity contribution in [3.63, 3.8) is 0 Å². The summed E-state index contributed by atoms with van der Waals surface area (Å²) in [5, 5.41) is 15.6. The lowest BCUT2D eigenvalue weighted by Gasteiger charge is -2.29. The maximum Gasteiger partial charge on any atom is 0.335 e. The molecule has 0 spiro atoms. The lowest BCUT2D eigenvalue weighted by Crippen LogP contribution is -2.37. The first-order valence-corrected chi connectivity index (χ1v) is 20.6. The van der Waals surface area contributed by atoms with Gasteiger partial charge in [0.15, 0.2) is 16.7 Å². The predicted molar refractivity (Wildman–Crippen MR) is 220 cm³/mol. The Balaban J connectivity index is 0.00000295. The number of carboxylic acid groups (broad SMARTS) is 1. The summed E-state index contributed by atoms with van der Waals surface area (Å²) < 4.78 is 17.4. The van der Waals surface area contributed by atoms with E-state index in [4.69, 9.17) is 11.6 Å². The van der Waals surface area contributed by atoms with Gasteiger partial charge in [-0.15, -0.1) is 0 Å². The van der Waals surface area contributed by atoms with Crippen molar-refractivity contribution < 1.29 is 28.5 Å². The molecule has 294 valence electrons. The van der Waals surface area contributed by atoms with Crippen molar-refractivity contribution in [3.05, 3.63) is 123 Å². The number of hydrogen-bond donors (Lipinski definition) is 2. The van der Waals surface area contributed by atoms with Gasteiger partial charge in [-0.1, -0.05) is 88.5 Å². The molecule has 1 atom stereocenters. The van der Waals surface area contributed by atoms with Crippen LogP contribution in [0.25, 0.3) is 16.5 Å². The topological polar surface area (TPSA) is 142 Å². The molecule has 3 amide bonds. The van der Waals surface area contributed by atoms with Crippen LogP contribution in [0.5, 0.6) is 0 Å². The molecule has 1 aromatic heterocycles. The van der Waals surface area contributed by atoms with E-state index in [1.54, 1.807) is 47.1 Å². The van der Waals surface area contributed by atoms with E-state index < -0.39 is 22.9 Å². The number of unbranched alkanes of at least 4 members (excludes halogenated alkanes) is 2. The Morgan fingerprint density at radius 1 is 0.875 bits per heavy atom. The zero-order chi connectivity index (χ0) is 40.5. The third kappa shape index (κ3) is 9.20. The van der Waals surface area contributed by atoms with Crippen molar-refractivity contribution in [2.75, 3.05) is 19.6 Å². The number of amides is 3. The molecular formula is C43H48ClN5O6S. The highest BCUT2D eigenvalue weighted by Gasteiger charge is 2.29. The Hall–Kier alpha value is -5.33. The largest absolute Gasteiger partial charge is 0.478 e. The molecule has 0 radical (unpaired) electrons. The van der Waals surface area contributed by atoms with Crippen LogP contribution < -0.4 is 4.72 Å². The lowest BCUT2D eigenvalue weighted by atomic mass is 9.98. The normalized spacial score (nSPS) is 12.6. The molecule has 56 heavy (non-hydrogen) atoms. The number of fused-ring (bicyclic) bond motifs is 2. The summed E-state index contributed by atoms with van der Waals surface area (Å²) in [5.74, 6) is -2.40. The molecule has 13 heteroatoms. The van der Waals surface area contributed by atoms with Crippen LogP contribution in [-0.4, -0.2) is 72.2 Å². The fourth-order valence-electron chi connectivity index (χ4n) is 6.56. The number of aromatic nitrogens is 2. The third-order valence-electron chi connectivity index (χ3n) is 9.69. The van der Waals surface area contributed by atoms with Gasteiger partial charge in [-0.2, -0.15) is 5.10 Å². The van der Waals surface area contributed by atoms with Gasteiger partial charge in [-0.05, 0) is 90.6 Å². The third-order valence-corrected chi connectivity index (χ3v) is 11.2. The Labute approximate surface area is 335 Å². The summed E-state index contributed by atoms with van der Waals surface area (Å²) in [5.41, 5.74) is 3.42. The Morgan fingerprint density at radius 2 is 1.54 bits per heavy atom. The molecule has 1 aliphatic rings. The number of nitrogens with one attached hydrogen (secondary N) is 1. The Bertz CT molecular complexity index is 2280. The molecule has 2 N–H and O–H groups in total. The molecule has 11 nitrogen and oxygen atoms in total. The van der Waals surface area contributed by atoms with Crippen molar-refractivity contribution in [1.82, 2.24) is 24.3 Å². The van der Waals surface area contributed by atoms with Crippen molar-refractivity contribution in [2.24, 2.45) is 0 Å². The summed E-state index contributed by atoms with van der Waals surface area (Å²) in [4.78, 5) is 57.2. The SMILES string of the molecule is CC.CCCCN(CCCC)C(=O)c1nn(-c2ccc(C(=O)NS(=O)c3ccc4ccc(C(=O)O)cc4c3)cc2C(=O)N2CCc3ccccc3C2)c(C)c1Cl. The minimum absolute atomic E-state index is 0.0827. The van der Waals surface area contributed by atoms with Gasteiger partial charge >= 0.3 is 5.97 Å². The summed E-state index contributed by atoms with van der Waals surface area (Å²) in [7, 11) is -2.01. The van der Waals surface area contributed by atoms with Gasteiger partial charge in [-0.3, -0.25) is 19.1 Å². The number of carbonyl (C=O) groups excluding carboxylic acids is 3. The number of aromatic carboxylic acids is 1. The highest BCUT2D eigenvalue weighted by atomic mass is 35.5. The van der Waals surface area contributed by atoms with Gasteiger partial charge in [-0.25, -0.2) is 13.7 Å². The minimum Gasteiger partial charge on any atom is -0.478 e. The smallest absolute Gasteiger partial charge is 0.335 e. The molecule has 4 aromatic carbocycles. The second kappa shape index (κ2) is 19.0. The van der Waals surface area contributed by atoms with E-state index in [1.807, 2.05) is 38.1 Å². The van der Waals surface area contributed by atoms with Gasteiger partial charge in [0.05, 0.1) is 32.4 Å². The van der Waals surface area contributed by atoms with Crippen molar-refractivity contribution in [1.29, 1.82) is 0 Å². The number of benzene rings is 4. The van der Waals surface area contributed by atoms with Crippen LogP contribution in [0.3, 0.4) is 0 Å². The number of rotatable bonds is 13. The Kier molecular flexibility index (Phi) is 14.2. The molecule has 0 bridgehead atoms. The number of carboxylic acids is 1. The second-order valence-corrected chi connectivity index (χ2v) is 15.0. The number of nitrogens with zero attached hydrogens (tertiary/aromatic N) is 4. The van der Waals surface area contributed by atoms with Crippen molar-refractivity contribution in [2.45, 2.75) is 78.2 Å². The average Bonchev–Trinajstić information content (AvgIpc) is 3.52. The molecule has 1 aliphatic heterocycles. The standard InChI is InChI=1S/C41H42ClN5O6S.C2H6/c1-4-6-19-45(20-7-5-2)40(50)37-36(42)26(3)47(43-37)35-17-15-29(24-34(35)39(49)46-21-18-27-10-8-9-11-31(27)25-46)38(48)44-54(53)33-16-14-28-12-13-30(41(51)52)22-32(28)23-33;1-2/h8-17,22-24H,4-7,18-21,25H2,1-3H3,(H,44,48)(H,51,52);1-2H3. The van der Waals surface area contributed by atoms with E-state index in [-0.39, 0.29) is 44.1 Å². The maximum absolute atomic E-state index is 14.4. The first kappa shape index (κ1) is 41.8. The monoisotopic (exact) mass is 797 g/mol. The van der Waals surface area contributed by atoms with Crippen LogP contribution in [0.1, 0.15) is 112 Å². The Morgan fingerprint density at radius 3 is 2.21 bits per heavy atom. The molecule has 0 fully saturated rings. The van der Waals surface area contributed by atoms with E-state index in [0.717, 1.165) is 36.6 Å². The summed E-state index contributed by atoms with van der Waals surface area (Å²) in [6.45, 7) is 11.8. The minimum atomic E-state index is -2.01. The van der Waals surface area contributed by atoms with Gasteiger partial charge in [0, 0.05) is 31.7 Å². The molecular weight excluding hydrogens is 750 g/mol. The second-order valence-electron chi connectivity index (χ2n) is 13.4. The predicted octanol–water partition coefficient (Wildman–Crippen LogP) is 8.41. The fourth-order valence-corrected chi connectivity index (χ4v) is 7.59. The number of halogens is 1. The van der Waals surface area contributed by atoms with Gasteiger partial charge in [0.1, 0.15) is 0 Å². The number of carbonyl (C=O) groups is 4. The van der Waals surface area contributed by atoms with E-state index in [2.05, 4.69) is 23.7 Å². The van der Waals surface area contributed by atoms with E-state index in [9.17, 15) is 28.5 Å². The van der Waals surface area contributed by atoms with Crippen molar-refractivity contribution in [3.8, 4) is 5.69 Å². The highest BCUT2D eigenvalue weighted by molar-refractivity contribution is 7.83. The maximum atomic E-state index is 14.4. The van der Waals surface area contributed by atoms with Gasteiger partial charge in [0.25, 0.3) is 17.7 Å². The van der Waals surface area contributed by atoms with Crippen LogP contribution in [0.2, 0.25) is 5.02 Å². The zero-order valence-electron chi connectivity index (χ0n) is 32.4. The van der Waals surface area contributed by atoms with Crippen LogP contribution in [-0.2, 0) is 24.0 Å². The van der Waals surface area contributed by atoms with E-state index in [0.29, 0.717) is 49.4 Å².